The zero-order chi connectivity index (χ0) is 16.0. The summed E-state index contributed by atoms with van der Waals surface area (Å²) in [6.07, 6.45) is 0. The molecule has 7 nitrogen and oxygen atoms in total. The number of ether oxygens (including phenoxy) is 2. The Hall–Kier alpha value is -2.70. The van der Waals surface area contributed by atoms with Crippen molar-refractivity contribution < 1.29 is 28.7 Å². The highest BCUT2D eigenvalue weighted by atomic mass is 16.6. The van der Waals surface area contributed by atoms with E-state index in [0.717, 1.165) is 5.69 Å². The molecule has 1 aliphatic carbocycles. The topological polar surface area (TPSA) is 113 Å². The second-order valence-electron chi connectivity index (χ2n) is 5.49. The van der Waals surface area contributed by atoms with Crippen LogP contribution in [0, 0.1) is 30.6 Å². The van der Waals surface area contributed by atoms with Gasteiger partial charge in [-0.2, -0.15) is 0 Å². The molecule has 0 aromatic heterocycles. The molecule has 2 heterocycles. The molecule has 1 aromatic rings. The van der Waals surface area contributed by atoms with Gasteiger partial charge in [0.2, 0.25) is 0 Å². The summed E-state index contributed by atoms with van der Waals surface area (Å²) in [5.41, 5.74) is 7.51. The number of carbonyl (C=O) groups excluding carboxylic acids is 4. The number of aryl methyl sites for hydroxylation is 1. The van der Waals surface area contributed by atoms with Crippen LogP contribution >= 0.6 is 0 Å². The molecule has 1 aromatic carbocycles. The summed E-state index contributed by atoms with van der Waals surface area (Å²) in [5, 5.41) is 0. The fraction of sp³-hybridized carbons (Fsp3) is 0.333. The van der Waals surface area contributed by atoms with Gasteiger partial charge in [-0.05, 0) is 19.1 Å². The first-order chi connectivity index (χ1) is 10.4. The molecule has 114 valence electrons. The van der Waals surface area contributed by atoms with Crippen LogP contribution in [-0.4, -0.2) is 23.9 Å². The molecular formula is C15H13NO6. The van der Waals surface area contributed by atoms with E-state index >= 15 is 0 Å². The number of anilines is 1. The highest BCUT2D eigenvalue weighted by Crippen LogP contribution is 2.54. The molecule has 3 aliphatic rings. The number of nitrogens with two attached hydrogens (primary N) is 1. The third-order valence-electron chi connectivity index (χ3n) is 4.12. The molecule has 2 aliphatic heterocycles. The maximum atomic E-state index is 11.1. The van der Waals surface area contributed by atoms with Crippen molar-refractivity contribution in [2.45, 2.75) is 6.92 Å². The number of nitrogen functional groups attached to an aromatic ring is 1. The van der Waals surface area contributed by atoms with Crippen LogP contribution in [0.2, 0.25) is 0 Å². The van der Waals surface area contributed by atoms with Gasteiger partial charge in [-0.3, -0.25) is 19.2 Å². The Morgan fingerprint density at radius 1 is 0.727 bits per heavy atom. The minimum atomic E-state index is -0.786. The molecule has 4 rings (SSSR count). The third-order valence-corrected chi connectivity index (χ3v) is 4.12. The number of carbonyl (C=O) groups is 4. The summed E-state index contributed by atoms with van der Waals surface area (Å²) in [6.45, 7) is 2.04. The van der Waals surface area contributed by atoms with E-state index in [2.05, 4.69) is 9.47 Å². The lowest BCUT2D eigenvalue weighted by atomic mass is 9.59. The maximum Gasteiger partial charge on any atom is 0.318 e. The van der Waals surface area contributed by atoms with Crippen LogP contribution < -0.4 is 5.73 Å². The van der Waals surface area contributed by atoms with Crippen molar-refractivity contribution in [3.8, 4) is 0 Å². The van der Waals surface area contributed by atoms with Crippen LogP contribution in [0.25, 0.3) is 0 Å². The summed E-state index contributed by atoms with van der Waals surface area (Å²) in [7, 11) is 0. The molecule has 0 radical (unpaired) electrons. The summed E-state index contributed by atoms with van der Waals surface area (Å²) >= 11 is 0. The normalized spacial score (nSPS) is 31.3. The number of cyclic esters (lactones) is 4. The maximum absolute atomic E-state index is 11.1. The molecule has 2 N–H and O–H groups in total. The minimum Gasteiger partial charge on any atom is -0.399 e. The highest BCUT2D eigenvalue weighted by molar-refractivity contribution is 6.10. The Morgan fingerprint density at radius 3 is 1.32 bits per heavy atom. The van der Waals surface area contributed by atoms with Crippen molar-refractivity contribution in [2.75, 3.05) is 5.73 Å². The largest absolute Gasteiger partial charge is 0.399 e. The fourth-order valence-electron chi connectivity index (χ4n) is 2.96. The Balaban J connectivity index is 0.000000154. The van der Waals surface area contributed by atoms with E-state index in [9.17, 15) is 19.2 Å². The fourth-order valence-corrected chi connectivity index (χ4v) is 2.96. The summed E-state index contributed by atoms with van der Waals surface area (Å²) in [4.78, 5) is 44.3. The Bertz CT molecular complexity index is 577. The molecule has 22 heavy (non-hydrogen) atoms. The van der Waals surface area contributed by atoms with Gasteiger partial charge in [0, 0.05) is 5.69 Å². The molecule has 1 saturated carbocycles. The Labute approximate surface area is 125 Å². The van der Waals surface area contributed by atoms with Crippen LogP contribution in [0.4, 0.5) is 5.69 Å². The van der Waals surface area contributed by atoms with Crippen molar-refractivity contribution in [1.82, 2.24) is 0 Å². The summed E-state index contributed by atoms with van der Waals surface area (Å²) in [6, 6.07) is 7.79. The lowest BCUT2D eigenvalue weighted by Crippen LogP contribution is -2.50. The molecule has 7 heteroatoms. The molecular weight excluding hydrogens is 290 g/mol. The van der Waals surface area contributed by atoms with Gasteiger partial charge in [-0.25, -0.2) is 0 Å². The van der Waals surface area contributed by atoms with Crippen LogP contribution in [0.5, 0.6) is 0 Å². The number of hydrogen-bond acceptors (Lipinski definition) is 7. The van der Waals surface area contributed by atoms with E-state index in [1.807, 2.05) is 31.2 Å². The minimum absolute atomic E-state index is 0.715. The van der Waals surface area contributed by atoms with Gasteiger partial charge in [-0.15, -0.1) is 0 Å². The van der Waals surface area contributed by atoms with Crippen molar-refractivity contribution >= 4 is 29.6 Å². The van der Waals surface area contributed by atoms with Gasteiger partial charge >= 0.3 is 23.9 Å². The highest BCUT2D eigenvalue weighted by Gasteiger charge is 2.72. The van der Waals surface area contributed by atoms with Crippen molar-refractivity contribution in [2.24, 2.45) is 23.7 Å². The first-order valence-corrected chi connectivity index (χ1v) is 6.73. The van der Waals surface area contributed by atoms with Crippen molar-refractivity contribution in [3.63, 3.8) is 0 Å². The van der Waals surface area contributed by atoms with E-state index in [-0.39, 0.29) is 0 Å². The lowest BCUT2D eigenvalue weighted by Gasteiger charge is -2.33. The van der Waals surface area contributed by atoms with Crippen LogP contribution in [0.1, 0.15) is 5.56 Å². The zero-order valence-electron chi connectivity index (χ0n) is 11.6. The number of fused-ring (bicyclic) bond motifs is 4. The third kappa shape index (κ3) is 2.05. The van der Waals surface area contributed by atoms with Gasteiger partial charge in [0.1, 0.15) is 0 Å². The van der Waals surface area contributed by atoms with E-state index in [4.69, 9.17) is 5.73 Å². The van der Waals surface area contributed by atoms with E-state index in [0.29, 0.717) is 0 Å². The van der Waals surface area contributed by atoms with Crippen molar-refractivity contribution in [3.05, 3.63) is 29.8 Å². The van der Waals surface area contributed by atoms with Gasteiger partial charge in [0.25, 0.3) is 0 Å². The van der Waals surface area contributed by atoms with Gasteiger partial charge in [-0.1, -0.05) is 17.7 Å². The first-order valence-electron chi connectivity index (χ1n) is 6.73. The lowest BCUT2D eigenvalue weighted by molar-refractivity contribution is -0.158. The smallest absolute Gasteiger partial charge is 0.318 e. The molecule has 0 bridgehead atoms. The second-order valence-corrected chi connectivity index (χ2v) is 5.49. The SMILES string of the molecule is Cc1ccc(N)cc1.O=C1OC(=O)C2C1C1C(=O)OC(=O)C21. The average Bonchev–Trinajstić information content (AvgIpc) is 2.76. The van der Waals surface area contributed by atoms with E-state index in [1.54, 1.807) is 0 Å². The monoisotopic (exact) mass is 303 g/mol. The van der Waals surface area contributed by atoms with Crippen LogP contribution in [-0.2, 0) is 28.7 Å². The molecule has 0 unspecified atom stereocenters. The molecule has 2 saturated heterocycles. The predicted molar refractivity (Wildman–Crippen MR) is 71.7 cm³/mol. The standard InChI is InChI=1S/C8H4O6.C7H9N/c9-5-1-2(6(10)13-5)4-3(1)7(11)14-8(4)12;1-6-2-4-7(8)5-3-6/h1-4H;2-5H,8H2,1H3. The molecule has 0 spiro atoms. The molecule has 0 atom stereocenters. The van der Waals surface area contributed by atoms with E-state index in [1.165, 1.54) is 5.56 Å². The number of hydrogen-bond donors (Lipinski definition) is 1. The summed E-state index contributed by atoms with van der Waals surface area (Å²) in [5.74, 6) is -6.00. The Kier molecular flexibility index (Phi) is 3.20. The Morgan fingerprint density at radius 2 is 1.05 bits per heavy atom. The van der Waals surface area contributed by atoms with Crippen molar-refractivity contribution in [1.29, 1.82) is 0 Å². The van der Waals surface area contributed by atoms with Crippen LogP contribution in [0.15, 0.2) is 24.3 Å². The number of rotatable bonds is 0. The number of esters is 4. The molecule has 3 fully saturated rings. The number of benzene rings is 1. The second kappa shape index (κ2) is 4.94. The van der Waals surface area contributed by atoms with Gasteiger partial charge < -0.3 is 15.2 Å². The van der Waals surface area contributed by atoms with E-state index < -0.39 is 47.5 Å². The van der Waals surface area contributed by atoms with Crippen LogP contribution in [0.3, 0.4) is 0 Å². The summed E-state index contributed by atoms with van der Waals surface area (Å²) < 4.78 is 8.69. The first kappa shape index (κ1) is 14.2. The quantitative estimate of drug-likeness (QED) is 0.414. The zero-order valence-corrected chi connectivity index (χ0v) is 11.6. The molecule has 0 amide bonds. The van der Waals surface area contributed by atoms with Gasteiger partial charge in [0.15, 0.2) is 0 Å². The van der Waals surface area contributed by atoms with Gasteiger partial charge in [0.05, 0.1) is 23.7 Å². The average molecular weight is 303 g/mol. The predicted octanol–water partition coefficient (Wildman–Crippen LogP) is 0.209.